The number of phenolic OH excluding ortho intramolecular Hbond substituents is 1. The second-order valence-corrected chi connectivity index (χ2v) is 8.54. The number of fused-ring (bicyclic) bond motifs is 1. The Morgan fingerprint density at radius 2 is 1.77 bits per heavy atom. The third-order valence-corrected chi connectivity index (χ3v) is 5.81. The highest BCUT2D eigenvalue weighted by Gasteiger charge is 2.09. The average Bonchev–Trinajstić information content (AvgIpc) is 2.89. The Labute approximate surface area is 209 Å². The summed E-state index contributed by atoms with van der Waals surface area (Å²) in [7, 11) is 0. The number of nitrogens with one attached hydrogen (secondary N) is 2. The minimum absolute atomic E-state index is 0.0779. The molecule has 0 radical (unpaired) electrons. The minimum atomic E-state index is -0.417. The molecule has 4 aromatic carbocycles. The summed E-state index contributed by atoms with van der Waals surface area (Å²) in [5, 5.41) is 19.4. The van der Waals surface area contributed by atoms with Crippen LogP contribution in [-0.4, -0.2) is 29.9 Å². The third-order valence-electron chi connectivity index (χ3n) is 5.51. The summed E-state index contributed by atoms with van der Waals surface area (Å²) in [5.41, 5.74) is 4.85. The second-order valence-electron chi connectivity index (χ2n) is 8.13. The predicted octanol–water partition coefficient (Wildman–Crippen LogP) is 5.52. The molecule has 3 N–H and O–H groups in total. The molecule has 0 aliphatic heterocycles. The summed E-state index contributed by atoms with van der Waals surface area (Å²) in [6, 6.07) is 26.3. The molecule has 1 amide bonds. The van der Waals surface area contributed by atoms with Crippen LogP contribution in [0.1, 0.15) is 28.4 Å². The van der Waals surface area contributed by atoms with Gasteiger partial charge < -0.3 is 15.2 Å². The van der Waals surface area contributed by atoms with Gasteiger partial charge in [-0.2, -0.15) is 5.10 Å². The van der Waals surface area contributed by atoms with Crippen LogP contribution in [0.15, 0.2) is 90.0 Å². The molecule has 0 saturated heterocycles. The van der Waals surface area contributed by atoms with E-state index in [-0.39, 0.29) is 16.8 Å². The van der Waals surface area contributed by atoms with Gasteiger partial charge in [0.05, 0.1) is 11.2 Å². The van der Waals surface area contributed by atoms with Crippen LogP contribution < -0.4 is 15.5 Å². The van der Waals surface area contributed by atoms with Crippen LogP contribution in [0.25, 0.3) is 10.8 Å². The van der Waals surface area contributed by atoms with Gasteiger partial charge in [-0.25, -0.2) is 5.43 Å². The Kier molecular flexibility index (Phi) is 7.98. The van der Waals surface area contributed by atoms with Gasteiger partial charge in [0.15, 0.2) is 0 Å². The summed E-state index contributed by atoms with van der Waals surface area (Å²) in [4.78, 5) is 12.3. The first-order valence-corrected chi connectivity index (χ1v) is 11.6. The van der Waals surface area contributed by atoms with Crippen molar-refractivity contribution in [2.24, 2.45) is 5.10 Å². The van der Waals surface area contributed by atoms with Gasteiger partial charge in [0.1, 0.15) is 18.1 Å². The first kappa shape index (κ1) is 24.3. The molecule has 1 atom stereocenters. The molecular formula is C28H26ClN3O3. The van der Waals surface area contributed by atoms with Gasteiger partial charge >= 0.3 is 0 Å². The number of carbonyl (C=O) groups excluding carboxylic acids is 1. The molecule has 0 aliphatic rings. The molecule has 1 unspecified atom stereocenters. The van der Waals surface area contributed by atoms with Crippen LogP contribution in [0.2, 0.25) is 5.02 Å². The SMILES string of the molecule is CC(COc1ccccc1)NCc1ccc(C=NNC(=O)c2ccc(O)c(Cl)c2)c2ccccc12. The first-order chi connectivity index (χ1) is 17.0. The van der Waals surface area contributed by atoms with Crippen molar-refractivity contribution in [3.8, 4) is 11.5 Å². The quantitative estimate of drug-likeness (QED) is 0.214. The molecule has 0 saturated carbocycles. The lowest BCUT2D eigenvalue weighted by molar-refractivity contribution is 0.0955. The summed E-state index contributed by atoms with van der Waals surface area (Å²) < 4.78 is 5.84. The summed E-state index contributed by atoms with van der Waals surface area (Å²) in [6.07, 6.45) is 1.62. The summed E-state index contributed by atoms with van der Waals surface area (Å²) in [6.45, 7) is 3.35. The molecular weight excluding hydrogens is 462 g/mol. The zero-order chi connectivity index (χ0) is 24.6. The molecule has 0 aliphatic carbocycles. The lowest BCUT2D eigenvalue weighted by Gasteiger charge is -2.16. The molecule has 0 spiro atoms. The van der Waals surface area contributed by atoms with E-state index in [4.69, 9.17) is 16.3 Å². The fraction of sp³-hybridized carbons (Fsp3) is 0.143. The monoisotopic (exact) mass is 487 g/mol. The van der Waals surface area contributed by atoms with Crippen molar-refractivity contribution in [3.63, 3.8) is 0 Å². The number of aromatic hydroxyl groups is 1. The fourth-order valence-corrected chi connectivity index (χ4v) is 3.79. The Morgan fingerprint density at radius 1 is 1.03 bits per heavy atom. The maximum Gasteiger partial charge on any atom is 0.271 e. The molecule has 0 heterocycles. The smallest absolute Gasteiger partial charge is 0.271 e. The average molecular weight is 488 g/mol. The predicted molar refractivity (Wildman–Crippen MR) is 140 cm³/mol. The zero-order valence-electron chi connectivity index (χ0n) is 19.2. The number of benzene rings is 4. The lowest BCUT2D eigenvalue weighted by atomic mass is 10.00. The standard InChI is InChI=1S/C28H26ClN3O3/c1-19(18-35-23-7-3-2-4-8-23)30-16-21-11-12-22(25-10-6-5-9-24(21)25)17-31-32-28(34)20-13-14-27(33)26(29)15-20/h2-15,17,19,30,33H,16,18H2,1H3,(H,32,34). The number of phenols is 1. The van der Waals surface area contributed by atoms with Crippen molar-refractivity contribution in [3.05, 3.63) is 107 Å². The van der Waals surface area contributed by atoms with Crippen LogP contribution in [0.4, 0.5) is 0 Å². The first-order valence-electron chi connectivity index (χ1n) is 11.2. The molecule has 7 heteroatoms. The van der Waals surface area contributed by atoms with Gasteiger partial charge in [0.25, 0.3) is 5.91 Å². The van der Waals surface area contributed by atoms with Crippen molar-refractivity contribution in [2.75, 3.05) is 6.61 Å². The molecule has 6 nitrogen and oxygen atoms in total. The molecule has 178 valence electrons. The Balaban J connectivity index is 1.40. The van der Waals surface area contributed by atoms with E-state index < -0.39 is 5.91 Å². The number of nitrogens with zero attached hydrogens (tertiary/aromatic N) is 1. The molecule has 0 aromatic heterocycles. The Bertz CT molecular complexity index is 1340. The summed E-state index contributed by atoms with van der Waals surface area (Å²) >= 11 is 5.88. The maximum atomic E-state index is 12.3. The number of ether oxygens (including phenoxy) is 1. The maximum absolute atomic E-state index is 12.3. The summed E-state index contributed by atoms with van der Waals surface area (Å²) in [5.74, 6) is 0.363. The Morgan fingerprint density at radius 3 is 2.54 bits per heavy atom. The van der Waals surface area contributed by atoms with E-state index in [9.17, 15) is 9.90 Å². The number of carbonyl (C=O) groups is 1. The van der Waals surface area contributed by atoms with E-state index >= 15 is 0 Å². The van der Waals surface area contributed by atoms with E-state index in [1.807, 2.05) is 54.6 Å². The number of para-hydroxylation sites is 1. The molecule has 35 heavy (non-hydrogen) atoms. The highest BCUT2D eigenvalue weighted by molar-refractivity contribution is 6.32. The topological polar surface area (TPSA) is 83.0 Å². The van der Waals surface area contributed by atoms with Crippen molar-refractivity contribution in [1.29, 1.82) is 0 Å². The highest BCUT2D eigenvalue weighted by Crippen LogP contribution is 2.24. The van der Waals surface area contributed by atoms with E-state index in [1.54, 1.807) is 6.21 Å². The number of hydrogen-bond acceptors (Lipinski definition) is 5. The van der Waals surface area contributed by atoms with Gasteiger partial charge in [0.2, 0.25) is 0 Å². The second kappa shape index (κ2) is 11.5. The number of halogens is 1. The number of rotatable bonds is 9. The van der Waals surface area contributed by atoms with Gasteiger partial charge in [-0.3, -0.25) is 4.79 Å². The third kappa shape index (κ3) is 6.38. The van der Waals surface area contributed by atoms with E-state index in [1.165, 1.54) is 18.2 Å². The van der Waals surface area contributed by atoms with E-state index in [0.29, 0.717) is 18.7 Å². The van der Waals surface area contributed by atoms with Crippen LogP contribution in [-0.2, 0) is 6.54 Å². The van der Waals surface area contributed by atoms with Crippen molar-refractivity contribution < 1.29 is 14.6 Å². The number of hydrogen-bond donors (Lipinski definition) is 3. The number of amides is 1. The largest absolute Gasteiger partial charge is 0.506 e. The van der Waals surface area contributed by atoms with Crippen molar-refractivity contribution >= 4 is 34.5 Å². The zero-order valence-corrected chi connectivity index (χ0v) is 20.0. The molecule has 4 rings (SSSR count). The van der Waals surface area contributed by atoms with E-state index in [2.05, 4.69) is 34.9 Å². The number of hydrazone groups is 1. The highest BCUT2D eigenvalue weighted by atomic mass is 35.5. The van der Waals surface area contributed by atoms with Crippen LogP contribution in [0.5, 0.6) is 11.5 Å². The van der Waals surface area contributed by atoms with Gasteiger partial charge in [0, 0.05) is 23.7 Å². The fourth-order valence-electron chi connectivity index (χ4n) is 3.61. The van der Waals surface area contributed by atoms with Crippen LogP contribution in [0, 0.1) is 0 Å². The lowest BCUT2D eigenvalue weighted by Crippen LogP contribution is -2.31. The van der Waals surface area contributed by atoms with Crippen LogP contribution >= 0.6 is 11.6 Å². The molecule has 4 aromatic rings. The normalized spacial score (nSPS) is 12.1. The minimum Gasteiger partial charge on any atom is -0.506 e. The van der Waals surface area contributed by atoms with Gasteiger partial charge in [-0.15, -0.1) is 0 Å². The van der Waals surface area contributed by atoms with Gasteiger partial charge in [-0.05, 0) is 53.6 Å². The van der Waals surface area contributed by atoms with Gasteiger partial charge in [-0.1, -0.05) is 66.2 Å². The van der Waals surface area contributed by atoms with Crippen LogP contribution in [0.3, 0.4) is 0 Å². The molecule has 0 fully saturated rings. The van der Waals surface area contributed by atoms with E-state index in [0.717, 1.165) is 27.6 Å². The Hall–Kier alpha value is -3.87. The van der Waals surface area contributed by atoms with Crippen molar-refractivity contribution in [2.45, 2.75) is 19.5 Å². The molecule has 0 bridgehead atoms. The van der Waals surface area contributed by atoms with Crippen molar-refractivity contribution in [1.82, 2.24) is 10.7 Å².